The van der Waals surface area contributed by atoms with Crippen LogP contribution in [0.4, 0.5) is 0 Å². The number of furan rings is 1. The van der Waals surface area contributed by atoms with E-state index in [1.165, 1.54) is 20.1 Å². The molecule has 2 heterocycles. The summed E-state index contributed by atoms with van der Waals surface area (Å²) in [6, 6.07) is 12.9. The summed E-state index contributed by atoms with van der Waals surface area (Å²) in [6.07, 6.45) is 1.85. The number of carbonyl (C=O) groups excluding carboxylic acids is 2. The van der Waals surface area contributed by atoms with E-state index in [0.717, 1.165) is 5.56 Å². The third-order valence-corrected chi connectivity index (χ3v) is 3.78. The molecule has 0 saturated carbocycles. The summed E-state index contributed by atoms with van der Waals surface area (Å²) in [4.78, 5) is 24.8. The number of cyclic esters (lactones) is 2. The maximum Gasteiger partial charge on any atom is 0.324 e. The molecule has 0 radical (unpaired) electrons. The van der Waals surface area contributed by atoms with Crippen LogP contribution < -0.4 is 0 Å². The first-order valence-electron chi connectivity index (χ1n) is 7.99. The predicted molar refractivity (Wildman–Crippen MR) is 89.0 cm³/mol. The summed E-state index contributed by atoms with van der Waals surface area (Å²) in [5, 5.41) is 0. The lowest BCUT2D eigenvalue weighted by Crippen LogP contribution is -2.48. The normalized spacial score (nSPS) is 17.8. The van der Waals surface area contributed by atoms with Gasteiger partial charge >= 0.3 is 11.9 Å². The Morgan fingerprint density at radius 1 is 1.04 bits per heavy atom. The standard InChI is InChI=1S/C20H18O5/c1-20(2)24-18(21)17(19(22)25-20)15(13-16-9-6-12-23-16)11-10-14-7-4-3-5-8-14/h3-9,12,15,17H,13H2,1-2H3. The number of carbonyl (C=O) groups is 2. The Morgan fingerprint density at radius 3 is 2.32 bits per heavy atom. The van der Waals surface area contributed by atoms with Crippen LogP contribution in [0.1, 0.15) is 25.2 Å². The Balaban J connectivity index is 1.90. The number of hydrogen-bond acceptors (Lipinski definition) is 5. The molecule has 1 atom stereocenters. The number of ether oxygens (including phenoxy) is 2. The predicted octanol–water partition coefficient (Wildman–Crippen LogP) is 2.94. The monoisotopic (exact) mass is 338 g/mol. The molecule has 1 aromatic carbocycles. The Morgan fingerprint density at radius 2 is 1.72 bits per heavy atom. The van der Waals surface area contributed by atoms with Crippen molar-refractivity contribution in [2.75, 3.05) is 0 Å². The van der Waals surface area contributed by atoms with Gasteiger partial charge in [0, 0.05) is 25.8 Å². The zero-order valence-corrected chi connectivity index (χ0v) is 14.0. The molecule has 0 N–H and O–H groups in total. The molecule has 1 aliphatic rings. The van der Waals surface area contributed by atoms with Crippen LogP contribution in [-0.2, 0) is 25.5 Å². The van der Waals surface area contributed by atoms with E-state index in [1.807, 2.05) is 30.3 Å². The minimum Gasteiger partial charge on any atom is -0.469 e. The highest BCUT2D eigenvalue weighted by Gasteiger charge is 2.47. The molecule has 25 heavy (non-hydrogen) atoms. The van der Waals surface area contributed by atoms with Gasteiger partial charge in [-0.1, -0.05) is 30.0 Å². The molecule has 0 spiro atoms. The van der Waals surface area contributed by atoms with Crippen molar-refractivity contribution in [1.29, 1.82) is 0 Å². The van der Waals surface area contributed by atoms with Crippen molar-refractivity contribution in [2.24, 2.45) is 11.8 Å². The quantitative estimate of drug-likeness (QED) is 0.489. The Kier molecular flexibility index (Phi) is 4.62. The first-order valence-corrected chi connectivity index (χ1v) is 7.99. The van der Waals surface area contributed by atoms with Crippen molar-refractivity contribution >= 4 is 11.9 Å². The molecule has 3 rings (SSSR count). The first kappa shape index (κ1) is 16.8. The van der Waals surface area contributed by atoms with Crippen molar-refractivity contribution in [3.05, 3.63) is 60.1 Å². The third kappa shape index (κ3) is 4.10. The summed E-state index contributed by atoms with van der Waals surface area (Å²) in [5.41, 5.74) is 0.796. The second kappa shape index (κ2) is 6.86. The average molecular weight is 338 g/mol. The zero-order valence-electron chi connectivity index (χ0n) is 14.0. The third-order valence-electron chi connectivity index (χ3n) is 3.78. The van der Waals surface area contributed by atoms with Gasteiger partial charge in [-0.2, -0.15) is 0 Å². The summed E-state index contributed by atoms with van der Waals surface area (Å²) in [7, 11) is 0. The molecular weight excluding hydrogens is 320 g/mol. The van der Waals surface area contributed by atoms with Crippen LogP contribution in [0.3, 0.4) is 0 Å². The van der Waals surface area contributed by atoms with Gasteiger partial charge in [-0.15, -0.1) is 0 Å². The Labute approximate surface area is 145 Å². The van der Waals surface area contributed by atoms with Gasteiger partial charge in [-0.05, 0) is 24.3 Å². The lowest BCUT2D eigenvalue weighted by molar-refractivity contribution is -0.241. The fraction of sp³-hybridized carbons (Fsp3) is 0.300. The summed E-state index contributed by atoms with van der Waals surface area (Å²) in [5.74, 6) is 2.45. The van der Waals surface area contributed by atoms with Gasteiger partial charge < -0.3 is 13.9 Å². The maximum absolute atomic E-state index is 12.4. The van der Waals surface area contributed by atoms with Crippen molar-refractivity contribution in [2.45, 2.75) is 26.1 Å². The fourth-order valence-corrected chi connectivity index (χ4v) is 2.65. The molecular formula is C20H18O5. The number of benzene rings is 1. The molecule has 1 aromatic heterocycles. The smallest absolute Gasteiger partial charge is 0.324 e. The van der Waals surface area contributed by atoms with E-state index in [0.29, 0.717) is 12.2 Å². The van der Waals surface area contributed by atoms with E-state index < -0.39 is 29.6 Å². The summed E-state index contributed by atoms with van der Waals surface area (Å²) >= 11 is 0. The molecule has 2 aromatic rings. The maximum atomic E-state index is 12.4. The Hall–Kier alpha value is -3.00. The molecule has 5 nitrogen and oxygen atoms in total. The molecule has 1 aliphatic heterocycles. The second-order valence-corrected chi connectivity index (χ2v) is 6.25. The number of rotatable bonds is 3. The highest BCUT2D eigenvalue weighted by molar-refractivity contribution is 5.97. The number of hydrogen-bond donors (Lipinski definition) is 0. The van der Waals surface area contributed by atoms with Crippen molar-refractivity contribution in [3.63, 3.8) is 0 Å². The highest BCUT2D eigenvalue weighted by atomic mass is 16.7. The van der Waals surface area contributed by atoms with E-state index in [1.54, 1.807) is 12.1 Å². The van der Waals surface area contributed by atoms with Crippen LogP contribution in [0, 0.1) is 23.7 Å². The molecule has 5 heteroatoms. The van der Waals surface area contributed by atoms with Crippen molar-refractivity contribution in [1.82, 2.24) is 0 Å². The lowest BCUT2D eigenvalue weighted by Gasteiger charge is -2.34. The largest absolute Gasteiger partial charge is 0.469 e. The van der Waals surface area contributed by atoms with Crippen LogP contribution >= 0.6 is 0 Å². The first-order chi connectivity index (χ1) is 11.9. The fourth-order valence-electron chi connectivity index (χ4n) is 2.65. The van der Waals surface area contributed by atoms with E-state index >= 15 is 0 Å². The van der Waals surface area contributed by atoms with Gasteiger partial charge in [-0.25, -0.2) is 0 Å². The SMILES string of the molecule is CC1(C)OC(=O)C(C(C#Cc2ccccc2)Cc2ccco2)C(=O)O1. The van der Waals surface area contributed by atoms with Crippen LogP contribution in [0.5, 0.6) is 0 Å². The molecule has 1 unspecified atom stereocenters. The Bertz CT molecular complexity index is 789. The molecule has 0 aliphatic carbocycles. The van der Waals surface area contributed by atoms with Crippen molar-refractivity contribution < 1.29 is 23.5 Å². The molecule has 0 bridgehead atoms. The van der Waals surface area contributed by atoms with Gasteiger partial charge in [0.05, 0.1) is 12.2 Å². The van der Waals surface area contributed by atoms with Crippen LogP contribution in [0.2, 0.25) is 0 Å². The van der Waals surface area contributed by atoms with Crippen LogP contribution in [-0.4, -0.2) is 17.7 Å². The van der Waals surface area contributed by atoms with E-state index in [4.69, 9.17) is 13.9 Å². The highest BCUT2D eigenvalue weighted by Crippen LogP contribution is 2.29. The van der Waals surface area contributed by atoms with Crippen LogP contribution in [0.25, 0.3) is 0 Å². The van der Waals surface area contributed by atoms with E-state index in [2.05, 4.69) is 11.8 Å². The minimum atomic E-state index is -1.26. The molecule has 128 valence electrons. The molecule has 1 fully saturated rings. The molecule has 0 amide bonds. The van der Waals surface area contributed by atoms with Crippen LogP contribution in [0.15, 0.2) is 53.1 Å². The number of esters is 2. The minimum absolute atomic E-state index is 0.308. The van der Waals surface area contributed by atoms with Gasteiger partial charge in [0.25, 0.3) is 5.79 Å². The lowest BCUT2D eigenvalue weighted by atomic mass is 9.88. The zero-order chi connectivity index (χ0) is 17.9. The van der Waals surface area contributed by atoms with E-state index in [9.17, 15) is 9.59 Å². The van der Waals surface area contributed by atoms with Gasteiger partial charge in [0.2, 0.25) is 0 Å². The van der Waals surface area contributed by atoms with Gasteiger partial charge in [-0.3, -0.25) is 9.59 Å². The summed E-state index contributed by atoms with van der Waals surface area (Å²) < 4.78 is 15.8. The van der Waals surface area contributed by atoms with E-state index in [-0.39, 0.29) is 0 Å². The average Bonchev–Trinajstić information content (AvgIpc) is 3.04. The topological polar surface area (TPSA) is 65.7 Å². The summed E-state index contributed by atoms with van der Waals surface area (Å²) in [6.45, 7) is 3.05. The van der Waals surface area contributed by atoms with Crippen molar-refractivity contribution in [3.8, 4) is 11.8 Å². The second-order valence-electron chi connectivity index (χ2n) is 6.25. The van der Waals surface area contributed by atoms with Gasteiger partial charge in [0.15, 0.2) is 5.92 Å². The van der Waals surface area contributed by atoms with Gasteiger partial charge in [0.1, 0.15) is 5.76 Å². The molecule has 1 saturated heterocycles.